The highest BCUT2D eigenvalue weighted by molar-refractivity contribution is 8.00. The van der Waals surface area contributed by atoms with Crippen LogP contribution in [0.3, 0.4) is 0 Å². The zero-order valence-electron chi connectivity index (χ0n) is 13.3. The lowest BCUT2D eigenvalue weighted by Gasteiger charge is -2.39. The number of carbonyl (C=O) groups excluding carboxylic acids is 1. The molecule has 0 aromatic carbocycles. The van der Waals surface area contributed by atoms with Gasteiger partial charge in [-0.15, -0.1) is 0 Å². The molecule has 1 aliphatic heterocycles. The van der Waals surface area contributed by atoms with E-state index in [1.54, 1.807) is 0 Å². The van der Waals surface area contributed by atoms with Crippen molar-refractivity contribution in [1.82, 2.24) is 15.5 Å². The summed E-state index contributed by atoms with van der Waals surface area (Å²) in [6.07, 6.45) is 0. The monoisotopic (exact) mass is 300 g/mol. The van der Waals surface area contributed by atoms with Crippen LogP contribution in [-0.2, 0) is 4.79 Å². The summed E-state index contributed by atoms with van der Waals surface area (Å²) in [6, 6.07) is 0. The summed E-state index contributed by atoms with van der Waals surface area (Å²) >= 11 is 2.01. The molecule has 1 saturated heterocycles. The second kappa shape index (κ2) is 7.76. The van der Waals surface area contributed by atoms with Crippen molar-refractivity contribution < 1.29 is 4.79 Å². The first-order valence-corrected chi connectivity index (χ1v) is 8.21. The van der Waals surface area contributed by atoms with Gasteiger partial charge in [-0.1, -0.05) is 13.8 Å². The number of carbonyl (C=O) groups is 1. The Morgan fingerprint density at radius 1 is 1.35 bits per heavy atom. The molecule has 0 spiro atoms. The van der Waals surface area contributed by atoms with Crippen molar-refractivity contribution in [3.8, 4) is 0 Å². The van der Waals surface area contributed by atoms with Crippen LogP contribution in [0, 0.1) is 5.92 Å². The number of thioether (sulfide) groups is 1. The second-order valence-electron chi connectivity index (χ2n) is 5.95. The van der Waals surface area contributed by atoms with Gasteiger partial charge in [0.1, 0.15) is 0 Å². The minimum atomic E-state index is 0.0363. The maximum Gasteiger partial charge on any atom is 0.222 e. The number of hydrogen-bond acceptors (Lipinski definition) is 3. The third-order valence-electron chi connectivity index (χ3n) is 3.17. The van der Waals surface area contributed by atoms with Crippen LogP contribution < -0.4 is 10.6 Å². The largest absolute Gasteiger partial charge is 0.354 e. The Bertz CT molecular complexity index is 355. The van der Waals surface area contributed by atoms with Gasteiger partial charge in [0.15, 0.2) is 5.96 Å². The molecule has 5 nitrogen and oxygen atoms in total. The fourth-order valence-electron chi connectivity index (χ4n) is 2.09. The van der Waals surface area contributed by atoms with Crippen molar-refractivity contribution in [1.29, 1.82) is 0 Å². The number of amides is 1. The third kappa shape index (κ3) is 5.61. The number of nitrogens with one attached hydrogen (secondary N) is 2. The van der Waals surface area contributed by atoms with E-state index in [0.29, 0.717) is 13.1 Å². The van der Waals surface area contributed by atoms with Crippen molar-refractivity contribution >= 4 is 23.6 Å². The average Bonchev–Trinajstić information content (AvgIpc) is 2.37. The fraction of sp³-hybridized carbons (Fsp3) is 0.857. The van der Waals surface area contributed by atoms with Gasteiger partial charge in [0, 0.05) is 49.6 Å². The second-order valence-corrected chi connectivity index (χ2v) is 7.75. The molecule has 2 N–H and O–H groups in total. The van der Waals surface area contributed by atoms with Crippen LogP contribution >= 0.6 is 11.8 Å². The number of hydrogen-bond donors (Lipinski definition) is 2. The molecule has 20 heavy (non-hydrogen) atoms. The Labute approximate surface area is 127 Å². The van der Waals surface area contributed by atoms with E-state index in [4.69, 9.17) is 0 Å². The van der Waals surface area contributed by atoms with Crippen LogP contribution in [0.4, 0.5) is 0 Å². The van der Waals surface area contributed by atoms with Crippen molar-refractivity contribution in [2.24, 2.45) is 10.9 Å². The predicted molar refractivity (Wildman–Crippen MR) is 87.3 cm³/mol. The molecular formula is C14H28N4OS. The molecule has 0 aliphatic carbocycles. The lowest BCUT2D eigenvalue weighted by molar-refractivity contribution is -0.123. The van der Waals surface area contributed by atoms with Gasteiger partial charge < -0.3 is 15.5 Å². The van der Waals surface area contributed by atoms with E-state index in [1.807, 2.05) is 32.7 Å². The quantitative estimate of drug-likeness (QED) is 0.465. The Morgan fingerprint density at radius 3 is 2.55 bits per heavy atom. The molecule has 1 heterocycles. The minimum absolute atomic E-state index is 0.0363. The molecule has 116 valence electrons. The van der Waals surface area contributed by atoms with Crippen molar-refractivity contribution in [3.63, 3.8) is 0 Å². The highest BCUT2D eigenvalue weighted by Gasteiger charge is 2.28. The average molecular weight is 300 g/mol. The van der Waals surface area contributed by atoms with Crippen LogP contribution in [-0.4, -0.2) is 60.5 Å². The first-order chi connectivity index (χ1) is 9.35. The van der Waals surface area contributed by atoms with Crippen molar-refractivity contribution in [3.05, 3.63) is 0 Å². The van der Waals surface area contributed by atoms with E-state index in [1.165, 1.54) is 0 Å². The summed E-state index contributed by atoms with van der Waals surface area (Å²) in [6.45, 7) is 11.7. The molecule has 6 heteroatoms. The molecule has 0 aromatic heterocycles. The predicted octanol–water partition coefficient (Wildman–Crippen LogP) is 1.16. The summed E-state index contributed by atoms with van der Waals surface area (Å²) in [4.78, 5) is 18.1. The minimum Gasteiger partial charge on any atom is -0.354 e. The molecule has 0 aromatic rings. The molecule has 0 atom stereocenters. The van der Waals surface area contributed by atoms with Crippen LogP contribution in [0.25, 0.3) is 0 Å². The number of aliphatic imine (C=N–C) groups is 1. The molecule has 1 rings (SSSR count). The van der Waals surface area contributed by atoms with Gasteiger partial charge in [-0.3, -0.25) is 9.79 Å². The Hall–Kier alpha value is -0.910. The van der Waals surface area contributed by atoms with E-state index in [-0.39, 0.29) is 16.6 Å². The zero-order valence-corrected chi connectivity index (χ0v) is 14.1. The lowest BCUT2D eigenvalue weighted by Crippen LogP contribution is -2.51. The van der Waals surface area contributed by atoms with E-state index in [9.17, 15) is 4.79 Å². The van der Waals surface area contributed by atoms with Gasteiger partial charge in [-0.2, -0.15) is 11.8 Å². The molecule has 0 bridgehead atoms. The topological polar surface area (TPSA) is 56.7 Å². The van der Waals surface area contributed by atoms with Crippen molar-refractivity contribution in [2.45, 2.75) is 32.4 Å². The summed E-state index contributed by atoms with van der Waals surface area (Å²) < 4.78 is 0.266. The molecule has 0 radical (unpaired) electrons. The third-order valence-corrected chi connectivity index (χ3v) is 4.47. The van der Waals surface area contributed by atoms with Crippen LogP contribution in [0.1, 0.15) is 27.7 Å². The summed E-state index contributed by atoms with van der Waals surface area (Å²) in [5.74, 6) is 2.18. The van der Waals surface area contributed by atoms with Crippen molar-refractivity contribution in [2.75, 3.05) is 39.0 Å². The number of rotatable bonds is 4. The van der Waals surface area contributed by atoms with E-state index in [2.05, 4.69) is 34.4 Å². The molecule has 1 aliphatic rings. The van der Waals surface area contributed by atoms with Gasteiger partial charge >= 0.3 is 0 Å². The van der Waals surface area contributed by atoms with Crippen LogP contribution in [0.15, 0.2) is 4.99 Å². The Morgan fingerprint density at radius 2 is 2.00 bits per heavy atom. The van der Waals surface area contributed by atoms with Gasteiger partial charge in [0.2, 0.25) is 5.91 Å². The summed E-state index contributed by atoms with van der Waals surface area (Å²) in [5, 5.41) is 6.22. The molecule has 1 fully saturated rings. The molecule has 1 amide bonds. The first-order valence-electron chi connectivity index (χ1n) is 7.23. The van der Waals surface area contributed by atoms with E-state index in [0.717, 1.165) is 24.8 Å². The SMILES string of the molecule is CN=C(NCCNC(=O)C(C)C)N1CCSC(C)(C)C1. The lowest BCUT2D eigenvalue weighted by atomic mass is 10.2. The fourth-order valence-corrected chi connectivity index (χ4v) is 3.21. The zero-order chi connectivity index (χ0) is 15.2. The maximum absolute atomic E-state index is 11.5. The number of nitrogens with zero attached hydrogens (tertiary/aromatic N) is 2. The molecule has 0 saturated carbocycles. The van der Waals surface area contributed by atoms with Gasteiger partial charge in [0.05, 0.1) is 0 Å². The normalized spacial score (nSPS) is 19.1. The first kappa shape index (κ1) is 17.1. The van der Waals surface area contributed by atoms with E-state index >= 15 is 0 Å². The summed E-state index contributed by atoms with van der Waals surface area (Å²) in [7, 11) is 1.81. The Balaban J connectivity index is 2.35. The van der Waals surface area contributed by atoms with Crippen LogP contribution in [0.5, 0.6) is 0 Å². The standard InChI is InChI=1S/C14H28N4OS/c1-11(2)12(19)16-6-7-17-13(15-5)18-8-9-20-14(3,4)10-18/h11H,6-10H2,1-5H3,(H,15,17)(H,16,19). The Kier molecular flexibility index (Phi) is 6.65. The van der Waals surface area contributed by atoms with E-state index < -0.39 is 0 Å². The molecule has 0 unspecified atom stereocenters. The van der Waals surface area contributed by atoms with Gasteiger partial charge in [-0.25, -0.2) is 0 Å². The molecular weight excluding hydrogens is 272 g/mol. The highest BCUT2D eigenvalue weighted by Crippen LogP contribution is 2.29. The van der Waals surface area contributed by atoms with Gasteiger partial charge in [-0.05, 0) is 13.8 Å². The van der Waals surface area contributed by atoms with Gasteiger partial charge in [0.25, 0.3) is 0 Å². The smallest absolute Gasteiger partial charge is 0.222 e. The van der Waals surface area contributed by atoms with Crippen LogP contribution in [0.2, 0.25) is 0 Å². The highest BCUT2D eigenvalue weighted by atomic mass is 32.2. The number of guanidine groups is 1. The summed E-state index contributed by atoms with van der Waals surface area (Å²) in [5.41, 5.74) is 0. The maximum atomic E-state index is 11.5.